The van der Waals surface area contributed by atoms with E-state index in [1.807, 2.05) is 0 Å². The molecule has 0 spiro atoms. The molecule has 0 radical (unpaired) electrons. The predicted molar refractivity (Wildman–Crippen MR) is 461 cm³/mol. The monoisotopic (exact) mass is 1390 g/mol. The van der Waals surface area contributed by atoms with Gasteiger partial charge in [-0.15, -0.1) is 0 Å². The van der Waals surface area contributed by atoms with Crippen LogP contribution in [0.15, 0.2) is 340 Å². The standard InChI is InChI=1S/C108H94/c1-103(2,3)79-49-57-83(58-50-79)107(84-59-51-80(52-60-84)104(4,5)6)97-37-25-23-31-87(97)89-65-47-77(69-99(89)107)95(67-71-27-15-13-16-28-71)73-39-43-75(44-40-73)101-91-33-19-21-35-93(91)102(94-36-22-20-34-92(94)101)76-45-41-74(42-46-76)96(68-72-29-17-14-18-30-72)78-48-66-90-88-32-24-26-38-98(88)108(100(90)70-78,85-61-53-81(54-62-85)105(7,8)9)86-63-55-82(56-64-86)106(10,11)12/h13-70H,1-12H3/b95-67-,96-68-. The van der Waals surface area contributed by atoms with E-state index in [9.17, 15) is 0 Å². The lowest BCUT2D eigenvalue weighted by Gasteiger charge is -2.35. The molecule has 2 aliphatic carbocycles. The molecule has 2 aliphatic rings. The molecule has 0 saturated carbocycles. The van der Waals surface area contributed by atoms with Gasteiger partial charge in [-0.25, -0.2) is 0 Å². The molecule has 17 rings (SSSR count). The molecular weight excluding hydrogens is 1300 g/mol. The Kier molecular flexibility index (Phi) is 17.1. The molecule has 0 unspecified atom stereocenters. The highest BCUT2D eigenvalue weighted by molar-refractivity contribution is 6.21. The lowest BCUT2D eigenvalue weighted by atomic mass is 9.66. The summed E-state index contributed by atoms with van der Waals surface area (Å²) in [6.07, 6.45) is 4.78. The van der Waals surface area contributed by atoms with Crippen molar-refractivity contribution in [2.45, 2.75) is 116 Å². The molecule has 0 aromatic heterocycles. The lowest BCUT2D eigenvalue weighted by molar-refractivity contribution is 0.588. The quantitative estimate of drug-likeness (QED) is 0.0845. The van der Waals surface area contributed by atoms with Gasteiger partial charge >= 0.3 is 0 Å². The predicted octanol–water partition coefficient (Wildman–Crippen LogP) is 28.4. The van der Waals surface area contributed by atoms with Gasteiger partial charge in [-0.2, -0.15) is 0 Å². The maximum atomic E-state index is 2.53. The van der Waals surface area contributed by atoms with Crippen LogP contribution in [0.5, 0.6) is 0 Å². The Morgan fingerprint density at radius 2 is 0.472 bits per heavy atom. The van der Waals surface area contributed by atoms with Gasteiger partial charge in [0.25, 0.3) is 0 Å². The van der Waals surface area contributed by atoms with Crippen LogP contribution in [0.2, 0.25) is 0 Å². The summed E-state index contributed by atoms with van der Waals surface area (Å²) in [6, 6.07) is 130. The van der Waals surface area contributed by atoms with Crippen molar-refractivity contribution in [1.29, 1.82) is 0 Å². The van der Waals surface area contributed by atoms with Crippen LogP contribution < -0.4 is 0 Å². The Morgan fingerprint density at radius 1 is 0.222 bits per heavy atom. The summed E-state index contributed by atoms with van der Waals surface area (Å²) < 4.78 is 0. The molecule has 0 N–H and O–H groups in total. The Bertz CT molecular complexity index is 5430. The van der Waals surface area contributed by atoms with Crippen molar-refractivity contribution in [3.63, 3.8) is 0 Å². The fourth-order valence-electron chi connectivity index (χ4n) is 17.8. The number of fused-ring (bicyclic) bond motifs is 8. The van der Waals surface area contributed by atoms with Gasteiger partial charge < -0.3 is 0 Å². The van der Waals surface area contributed by atoms with Crippen molar-refractivity contribution in [3.8, 4) is 44.5 Å². The summed E-state index contributed by atoms with van der Waals surface area (Å²) >= 11 is 0. The molecule has 15 aromatic rings. The van der Waals surface area contributed by atoms with E-state index >= 15 is 0 Å². The zero-order valence-corrected chi connectivity index (χ0v) is 64.5. The molecule has 0 amide bonds. The summed E-state index contributed by atoms with van der Waals surface area (Å²) in [5.41, 5.74) is 33.7. The number of benzene rings is 15. The highest BCUT2D eigenvalue weighted by Gasteiger charge is 2.48. The average molecular weight is 1390 g/mol. The topological polar surface area (TPSA) is 0 Å². The Hall–Kier alpha value is -11.7. The van der Waals surface area contributed by atoms with Crippen molar-refractivity contribution in [2.75, 3.05) is 0 Å². The van der Waals surface area contributed by atoms with Gasteiger partial charge in [-0.1, -0.05) is 411 Å². The van der Waals surface area contributed by atoms with Crippen molar-refractivity contribution in [1.82, 2.24) is 0 Å². The van der Waals surface area contributed by atoms with E-state index in [0.717, 1.165) is 22.3 Å². The van der Waals surface area contributed by atoms with E-state index < -0.39 is 10.8 Å². The maximum Gasteiger partial charge on any atom is 0.0713 e. The third kappa shape index (κ3) is 11.9. The van der Waals surface area contributed by atoms with E-state index in [-0.39, 0.29) is 21.7 Å². The first kappa shape index (κ1) is 69.4. The SMILES string of the molecule is CC(C)(C)c1ccc(C2(c3ccc(C(C)(C)C)cc3)c3ccccc3-c3ccc(/C(=C\c4ccccc4)c4ccc(-c5c6ccccc6c(-c6ccc(/C(=C/c7ccccc7)c7ccc8c(c7)C(c7ccc(C(C)(C)C)cc7)(c7ccc(C(C)(C)C)cc7)c7ccccc7-8)cc6)c6ccccc56)cc4)cc32)cc1. The lowest BCUT2D eigenvalue weighted by Crippen LogP contribution is -2.29. The van der Waals surface area contributed by atoms with Crippen molar-refractivity contribution in [2.24, 2.45) is 0 Å². The van der Waals surface area contributed by atoms with Crippen LogP contribution in [0.25, 0.3) is 89.4 Å². The van der Waals surface area contributed by atoms with Crippen molar-refractivity contribution in [3.05, 3.63) is 440 Å². The minimum Gasteiger partial charge on any atom is -0.0622 e. The summed E-state index contributed by atoms with van der Waals surface area (Å²) in [5, 5.41) is 4.88. The van der Waals surface area contributed by atoms with Gasteiger partial charge in [-0.05, 0) is 223 Å². The van der Waals surface area contributed by atoms with Crippen LogP contribution in [0.1, 0.15) is 183 Å². The average Bonchev–Trinajstić information content (AvgIpc) is 1.56. The molecule has 0 nitrogen and oxygen atoms in total. The fourth-order valence-corrected chi connectivity index (χ4v) is 17.8. The van der Waals surface area contributed by atoms with E-state index in [4.69, 9.17) is 0 Å². The molecule has 0 atom stereocenters. The van der Waals surface area contributed by atoms with Crippen LogP contribution >= 0.6 is 0 Å². The molecule has 526 valence electrons. The molecule has 15 aromatic carbocycles. The van der Waals surface area contributed by atoms with Gasteiger partial charge in [-0.3, -0.25) is 0 Å². The van der Waals surface area contributed by atoms with E-state index in [2.05, 4.69) is 435 Å². The second kappa shape index (κ2) is 26.7. The number of hydrogen-bond acceptors (Lipinski definition) is 0. The summed E-state index contributed by atoms with van der Waals surface area (Å²) in [6.45, 7) is 27.7. The van der Waals surface area contributed by atoms with Crippen LogP contribution in [-0.4, -0.2) is 0 Å². The smallest absolute Gasteiger partial charge is 0.0622 e. The zero-order chi connectivity index (χ0) is 74.5. The number of hydrogen-bond donors (Lipinski definition) is 0. The summed E-state index contributed by atoms with van der Waals surface area (Å²) in [7, 11) is 0. The Balaban J connectivity index is 0.776. The fraction of sp³-hybridized carbons (Fsp3) is 0.167. The van der Waals surface area contributed by atoms with Gasteiger partial charge in [0.15, 0.2) is 0 Å². The second-order valence-corrected chi connectivity index (χ2v) is 34.4. The van der Waals surface area contributed by atoms with E-state index in [1.54, 1.807) is 0 Å². The van der Waals surface area contributed by atoms with E-state index in [0.29, 0.717) is 0 Å². The van der Waals surface area contributed by atoms with Gasteiger partial charge in [0.05, 0.1) is 10.8 Å². The van der Waals surface area contributed by atoms with Crippen LogP contribution in [0.3, 0.4) is 0 Å². The van der Waals surface area contributed by atoms with Gasteiger partial charge in [0.2, 0.25) is 0 Å². The molecule has 0 bridgehead atoms. The van der Waals surface area contributed by atoms with Gasteiger partial charge in [0.1, 0.15) is 0 Å². The number of rotatable bonds is 12. The highest BCUT2D eigenvalue weighted by atomic mass is 14.5. The summed E-state index contributed by atoms with van der Waals surface area (Å²) in [5.74, 6) is 0. The minimum atomic E-state index is -0.582. The third-order valence-corrected chi connectivity index (χ3v) is 23.6. The Morgan fingerprint density at radius 3 is 0.759 bits per heavy atom. The van der Waals surface area contributed by atoms with Crippen molar-refractivity contribution < 1.29 is 0 Å². The van der Waals surface area contributed by atoms with Crippen LogP contribution in [-0.2, 0) is 32.5 Å². The molecule has 108 heavy (non-hydrogen) atoms. The normalized spacial score (nSPS) is 14.0. The van der Waals surface area contributed by atoms with Crippen LogP contribution in [0.4, 0.5) is 0 Å². The van der Waals surface area contributed by atoms with Crippen LogP contribution in [0, 0.1) is 0 Å². The first-order valence-corrected chi connectivity index (χ1v) is 38.7. The molecule has 0 saturated heterocycles. The first-order valence-electron chi connectivity index (χ1n) is 38.7. The first-order chi connectivity index (χ1) is 52.1. The molecule has 0 aliphatic heterocycles. The zero-order valence-electron chi connectivity index (χ0n) is 64.5. The maximum absolute atomic E-state index is 2.53. The Labute approximate surface area is 640 Å². The van der Waals surface area contributed by atoms with E-state index in [1.165, 1.54) is 155 Å². The molecule has 0 heterocycles. The van der Waals surface area contributed by atoms with Crippen molar-refractivity contribution >= 4 is 44.8 Å². The summed E-state index contributed by atoms with van der Waals surface area (Å²) in [4.78, 5) is 0. The van der Waals surface area contributed by atoms with Gasteiger partial charge in [0, 0.05) is 0 Å². The largest absolute Gasteiger partial charge is 0.0713 e. The molecule has 0 heteroatoms. The second-order valence-electron chi connectivity index (χ2n) is 34.4. The minimum absolute atomic E-state index is 0.00870. The highest BCUT2D eigenvalue weighted by Crippen LogP contribution is 2.60. The molecular formula is C108H94. The molecule has 0 fully saturated rings. The third-order valence-electron chi connectivity index (χ3n) is 23.6.